The highest BCUT2D eigenvalue weighted by molar-refractivity contribution is 9.10. The zero-order valence-electron chi connectivity index (χ0n) is 15.6. The van der Waals surface area contributed by atoms with Gasteiger partial charge < -0.3 is 14.8 Å². The number of aryl methyl sites for hydroxylation is 2. The van der Waals surface area contributed by atoms with Gasteiger partial charge in [-0.25, -0.2) is 0 Å². The van der Waals surface area contributed by atoms with E-state index >= 15 is 0 Å². The lowest BCUT2D eigenvalue weighted by molar-refractivity contribution is -0.124. The van der Waals surface area contributed by atoms with Gasteiger partial charge >= 0.3 is 0 Å². The van der Waals surface area contributed by atoms with Gasteiger partial charge in [0.2, 0.25) is 0 Å². The second-order valence-corrected chi connectivity index (χ2v) is 8.18. The van der Waals surface area contributed by atoms with Gasteiger partial charge in [-0.1, -0.05) is 34.1 Å². The summed E-state index contributed by atoms with van der Waals surface area (Å²) in [4.78, 5) is 12.5. The standard InChI is InChI=1S/C21H24BrNO3/c1-13-9-15(10-14(2)20(13)22)25-12-19(24)23-17-11-21(3,4)26-18-8-6-5-7-16(17)18/h5-10,17H,11-12H2,1-4H3,(H,23,24)/t17-/m0/s1. The average molecular weight is 418 g/mol. The number of halogens is 1. The monoisotopic (exact) mass is 417 g/mol. The molecule has 2 aromatic rings. The molecule has 5 heteroatoms. The fourth-order valence-electron chi connectivity index (χ4n) is 3.31. The molecule has 0 saturated heterocycles. The number of ether oxygens (including phenoxy) is 2. The molecular weight excluding hydrogens is 394 g/mol. The molecule has 1 heterocycles. The molecule has 138 valence electrons. The van der Waals surface area contributed by atoms with E-state index in [1.54, 1.807) is 0 Å². The highest BCUT2D eigenvalue weighted by atomic mass is 79.9. The molecule has 2 aromatic carbocycles. The number of hydrogen-bond donors (Lipinski definition) is 1. The molecule has 0 fully saturated rings. The minimum Gasteiger partial charge on any atom is -0.487 e. The van der Waals surface area contributed by atoms with Crippen LogP contribution in [0.2, 0.25) is 0 Å². The maximum atomic E-state index is 12.5. The summed E-state index contributed by atoms with van der Waals surface area (Å²) in [6, 6.07) is 11.6. The summed E-state index contributed by atoms with van der Waals surface area (Å²) in [7, 11) is 0. The van der Waals surface area contributed by atoms with Crippen molar-refractivity contribution in [3.63, 3.8) is 0 Å². The van der Waals surface area contributed by atoms with Crippen LogP contribution < -0.4 is 14.8 Å². The van der Waals surface area contributed by atoms with Gasteiger partial charge in [-0.05, 0) is 57.0 Å². The molecule has 0 unspecified atom stereocenters. The molecule has 26 heavy (non-hydrogen) atoms. The molecule has 0 saturated carbocycles. The maximum absolute atomic E-state index is 12.5. The highest BCUT2D eigenvalue weighted by Crippen LogP contribution is 2.39. The predicted octanol–water partition coefficient (Wildman–Crippen LogP) is 4.86. The molecule has 1 aliphatic rings. The third kappa shape index (κ3) is 4.21. The quantitative estimate of drug-likeness (QED) is 0.771. The molecule has 0 spiro atoms. The van der Waals surface area contributed by atoms with Crippen LogP contribution in [-0.4, -0.2) is 18.1 Å². The minimum atomic E-state index is -0.326. The Hall–Kier alpha value is -2.01. The molecule has 4 nitrogen and oxygen atoms in total. The van der Waals surface area contributed by atoms with Crippen LogP contribution in [-0.2, 0) is 4.79 Å². The van der Waals surface area contributed by atoms with Crippen molar-refractivity contribution in [1.82, 2.24) is 5.32 Å². The smallest absolute Gasteiger partial charge is 0.258 e. The largest absolute Gasteiger partial charge is 0.487 e. The van der Waals surface area contributed by atoms with Gasteiger partial charge in [0.05, 0.1) is 6.04 Å². The number of carbonyl (C=O) groups excluding carboxylic acids is 1. The van der Waals surface area contributed by atoms with E-state index in [9.17, 15) is 4.79 Å². The van der Waals surface area contributed by atoms with E-state index in [1.165, 1.54) is 0 Å². The van der Waals surface area contributed by atoms with Gasteiger partial charge in [-0.3, -0.25) is 4.79 Å². The third-order valence-electron chi connectivity index (χ3n) is 4.49. The second-order valence-electron chi connectivity index (χ2n) is 7.38. The highest BCUT2D eigenvalue weighted by Gasteiger charge is 2.34. The summed E-state index contributed by atoms with van der Waals surface area (Å²) >= 11 is 3.54. The van der Waals surface area contributed by atoms with Crippen LogP contribution >= 0.6 is 15.9 Å². The SMILES string of the molecule is Cc1cc(OCC(=O)N[C@H]2CC(C)(C)Oc3ccccc32)cc(C)c1Br. The summed E-state index contributed by atoms with van der Waals surface area (Å²) in [5, 5.41) is 3.09. The van der Waals surface area contributed by atoms with E-state index in [0.29, 0.717) is 12.2 Å². The number of hydrogen-bond acceptors (Lipinski definition) is 3. The number of carbonyl (C=O) groups is 1. The van der Waals surface area contributed by atoms with Crippen LogP contribution in [0.5, 0.6) is 11.5 Å². The molecule has 1 aliphatic heterocycles. The van der Waals surface area contributed by atoms with Crippen LogP contribution in [0.1, 0.15) is 43.0 Å². The number of benzene rings is 2. The Labute approximate surface area is 163 Å². The fraction of sp³-hybridized carbons (Fsp3) is 0.381. The first-order chi connectivity index (χ1) is 12.2. The zero-order chi connectivity index (χ0) is 18.9. The number of nitrogens with one attached hydrogen (secondary N) is 1. The van der Waals surface area contributed by atoms with Crippen molar-refractivity contribution in [2.24, 2.45) is 0 Å². The van der Waals surface area contributed by atoms with Gasteiger partial charge in [0.25, 0.3) is 5.91 Å². The van der Waals surface area contributed by atoms with Crippen LogP contribution in [0, 0.1) is 13.8 Å². The first-order valence-electron chi connectivity index (χ1n) is 8.72. The molecule has 0 aromatic heterocycles. The van der Waals surface area contributed by atoms with Crippen LogP contribution in [0.3, 0.4) is 0 Å². The van der Waals surface area contributed by atoms with Gasteiger partial charge in [-0.15, -0.1) is 0 Å². The Kier molecular flexibility index (Phi) is 5.28. The van der Waals surface area contributed by atoms with Crippen molar-refractivity contribution >= 4 is 21.8 Å². The van der Waals surface area contributed by atoms with Gasteiger partial charge in [0.1, 0.15) is 17.1 Å². The molecule has 1 N–H and O–H groups in total. The lowest BCUT2D eigenvalue weighted by Gasteiger charge is -2.37. The van der Waals surface area contributed by atoms with E-state index < -0.39 is 0 Å². The number of amides is 1. The van der Waals surface area contributed by atoms with E-state index in [0.717, 1.165) is 26.9 Å². The van der Waals surface area contributed by atoms with Gasteiger partial charge in [0, 0.05) is 16.5 Å². The van der Waals surface area contributed by atoms with Crippen molar-refractivity contribution in [2.75, 3.05) is 6.61 Å². The predicted molar refractivity (Wildman–Crippen MR) is 106 cm³/mol. The third-order valence-corrected chi connectivity index (χ3v) is 5.74. The Morgan fingerprint density at radius 3 is 2.62 bits per heavy atom. The Bertz CT molecular complexity index is 809. The van der Waals surface area contributed by atoms with E-state index in [4.69, 9.17) is 9.47 Å². The molecule has 3 rings (SSSR count). The van der Waals surface area contributed by atoms with Crippen LogP contribution in [0.4, 0.5) is 0 Å². The zero-order valence-corrected chi connectivity index (χ0v) is 17.1. The van der Waals surface area contributed by atoms with Crippen LogP contribution in [0.15, 0.2) is 40.9 Å². The summed E-state index contributed by atoms with van der Waals surface area (Å²) in [5.41, 5.74) is 2.85. The topological polar surface area (TPSA) is 47.6 Å². The molecule has 0 radical (unpaired) electrons. The van der Waals surface area contributed by atoms with E-state index in [1.807, 2.05) is 64.1 Å². The lowest BCUT2D eigenvalue weighted by atomic mass is 9.90. The first kappa shape index (κ1) is 18.8. The van der Waals surface area contributed by atoms with Crippen molar-refractivity contribution in [1.29, 1.82) is 0 Å². The number of para-hydroxylation sites is 1. The Balaban J connectivity index is 1.67. The van der Waals surface area contributed by atoms with Crippen molar-refractivity contribution < 1.29 is 14.3 Å². The summed E-state index contributed by atoms with van der Waals surface area (Å²) in [5.74, 6) is 1.39. The molecule has 0 bridgehead atoms. The van der Waals surface area contributed by atoms with E-state index in [-0.39, 0.29) is 24.2 Å². The van der Waals surface area contributed by atoms with Gasteiger partial charge in [0.15, 0.2) is 6.61 Å². The van der Waals surface area contributed by atoms with Crippen molar-refractivity contribution in [2.45, 2.75) is 45.8 Å². The molecule has 1 atom stereocenters. The van der Waals surface area contributed by atoms with Crippen molar-refractivity contribution in [3.05, 3.63) is 57.6 Å². The summed E-state index contributed by atoms with van der Waals surface area (Å²) in [6.07, 6.45) is 0.715. The number of rotatable bonds is 4. The normalized spacial score (nSPS) is 17.8. The Morgan fingerprint density at radius 1 is 1.27 bits per heavy atom. The molecule has 1 amide bonds. The second kappa shape index (κ2) is 7.31. The number of fused-ring (bicyclic) bond motifs is 1. The maximum Gasteiger partial charge on any atom is 0.258 e. The average Bonchev–Trinajstić information content (AvgIpc) is 2.56. The Morgan fingerprint density at radius 2 is 1.92 bits per heavy atom. The fourth-order valence-corrected chi connectivity index (χ4v) is 3.53. The van der Waals surface area contributed by atoms with Crippen molar-refractivity contribution in [3.8, 4) is 11.5 Å². The lowest BCUT2D eigenvalue weighted by Crippen LogP contribution is -2.42. The van der Waals surface area contributed by atoms with Crippen LogP contribution in [0.25, 0.3) is 0 Å². The first-order valence-corrected chi connectivity index (χ1v) is 9.51. The minimum absolute atomic E-state index is 0.0134. The summed E-state index contributed by atoms with van der Waals surface area (Å²) < 4.78 is 12.8. The summed E-state index contributed by atoms with van der Waals surface area (Å²) in [6.45, 7) is 8.06. The molecular formula is C21H24BrNO3. The molecule has 0 aliphatic carbocycles. The van der Waals surface area contributed by atoms with Gasteiger partial charge in [-0.2, -0.15) is 0 Å². The van der Waals surface area contributed by atoms with E-state index in [2.05, 4.69) is 21.2 Å².